The molecule has 0 saturated carbocycles. The Morgan fingerprint density at radius 2 is 2.00 bits per heavy atom. The second-order valence-corrected chi connectivity index (χ2v) is 4.63. The van der Waals surface area contributed by atoms with Gasteiger partial charge in [0.15, 0.2) is 0 Å². The van der Waals surface area contributed by atoms with Crippen LogP contribution in [0.1, 0.15) is 17.3 Å². The average Bonchev–Trinajstić information content (AvgIpc) is 2.32. The molecule has 0 fully saturated rings. The van der Waals surface area contributed by atoms with Gasteiger partial charge in [-0.2, -0.15) is 0 Å². The summed E-state index contributed by atoms with van der Waals surface area (Å²) in [5, 5.41) is 0. The van der Waals surface area contributed by atoms with Crippen LogP contribution in [-0.4, -0.2) is 4.98 Å². The standard InChI is InChI=1S/C13H12BrFN2/c14-10-5-3-7-17-13(10)12(16)8-9-4-1-2-6-11(9)15/h1-7,12H,8,16H2. The van der Waals surface area contributed by atoms with E-state index < -0.39 is 0 Å². The highest BCUT2D eigenvalue weighted by molar-refractivity contribution is 9.10. The second-order valence-electron chi connectivity index (χ2n) is 3.77. The number of hydrogen-bond acceptors (Lipinski definition) is 2. The van der Waals surface area contributed by atoms with E-state index in [-0.39, 0.29) is 11.9 Å². The molecular weight excluding hydrogens is 283 g/mol. The summed E-state index contributed by atoms with van der Waals surface area (Å²) in [6, 6.07) is 10.0. The number of rotatable bonds is 3. The van der Waals surface area contributed by atoms with Crippen LogP contribution in [0.4, 0.5) is 4.39 Å². The summed E-state index contributed by atoms with van der Waals surface area (Å²) in [6.07, 6.45) is 2.11. The van der Waals surface area contributed by atoms with Crippen LogP contribution in [0.5, 0.6) is 0 Å². The van der Waals surface area contributed by atoms with E-state index in [1.165, 1.54) is 6.07 Å². The predicted molar refractivity (Wildman–Crippen MR) is 69.0 cm³/mol. The SMILES string of the molecule is NC(Cc1ccccc1F)c1ncccc1Br. The molecule has 17 heavy (non-hydrogen) atoms. The van der Waals surface area contributed by atoms with Crippen molar-refractivity contribution in [1.29, 1.82) is 0 Å². The summed E-state index contributed by atoms with van der Waals surface area (Å²) in [5.41, 5.74) is 7.39. The normalized spacial score (nSPS) is 12.4. The molecule has 0 radical (unpaired) electrons. The van der Waals surface area contributed by atoms with E-state index in [9.17, 15) is 4.39 Å². The van der Waals surface area contributed by atoms with E-state index in [0.717, 1.165) is 10.2 Å². The summed E-state index contributed by atoms with van der Waals surface area (Å²) >= 11 is 3.39. The van der Waals surface area contributed by atoms with Crippen LogP contribution in [0, 0.1) is 5.82 Å². The number of halogens is 2. The number of pyridine rings is 1. The Morgan fingerprint density at radius 3 is 2.71 bits per heavy atom. The van der Waals surface area contributed by atoms with Gasteiger partial charge in [0.25, 0.3) is 0 Å². The number of nitrogens with two attached hydrogens (primary N) is 1. The maximum atomic E-state index is 13.5. The molecule has 0 aliphatic heterocycles. The van der Waals surface area contributed by atoms with Gasteiger partial charge in [0.05, 0.1) is 11.7 Å². The average molecular weight is 295 g/mol. The first-order chi connectivity index (χ1) is 8.18. The lowest BCUT2D eigenvalue weighted by atomic mass is 10.0. The highest BCUT2D eigenvalue weighted by atomic mass is 79.9. The summed E-state index contributed by atoms with van der Waals surface area (Å²) in [7, 11) is 0. The summed E-state index contributed by atoms with van der Waals surface area (Å²) < 4.78 is 14.3. The molecule has 2 N–H and O–H groups in total. The van der Waals surface area contributed by atoms with Crippen molar-refractivity contribution in [3.05, 3.63) is 64.1 Å². The van der Waals surface area contributed by atoms with E-state index in [1.807, 2.05) is 12.1 Å². The molecule has 1 atom stereocenters. The first-order valence-electron chi connectivity index (χ1n) is 5.28. The molecule has 0 spiro atoms. The summed E-state index contributed by atoms with van der Waals surface area (Å²) in [6.45, 7) is 0. The molecule has 1 aromatic carbocycles. The zero-order chi connectivity index (χ0) is 12.3. The van der Waals surface area contributed by atoms with Crippen molar-refractivity contribution in [1.82, 2.24) is 4.98 Å². The minimum absolute atomic E-state index is 0.227. The molecule has 0 saturated heterocycles. The maximum absolute atomic E-state index is 13.5. The molecule has 0 aliphatic carbocycles. The van der Waals surface area contributed by atoms with Gasteiger partial charge >= 0.3 is 0 Å². The van der Waals surface area contributed by atoms with Crippen LogP contribution < -0.4 is 5.73 Å². The van der Waals surface area contributed by atoms with Gasteiger partial charge in [-0.3, -0.25) is 4.98 Å². The Kier molecular flexibility index (Phi) is 3.86. The van der Waals surface area contributed by atoms with E-state index in [2.05, 4.69) is 20.9 Å². The Hall–Kier alpha value is -1.26. The number of hydrogen-bond donors (Lipinski definition) is 1. The lowest BCUT2D eigenvalue weighted by molar-refractivity contribution is 0.589. The first-order valence-corrected chi connectivity index (χ1v) is 6.07. The minimum atomic E-state index is -0.317. The number of benzene rings is 1. The highest BCUT2D eigenvalue weighted by Crippen LogP contribution is 2.22. The third-order valence-corrected chi connectivity index (χ3v) is 3.21. The molecule has 0 bridgehead atoms. The predicted octanol–water partition coefficient (Wildman–Crippen LogP) is 3.23. The van der Waals surface area contributed by atoms with Crippen LogP contribution in [0.2, 0.25) is 0 Å². The fraction of sp³-hybridized carbons (Fsp3) is 0.154. The monoisotopic (exact) mass is 294 g/mol. The van der Waals surface area contributed by atoms with Gasteiger partial charge in [-0.15, -0.1) is 0 Å². The molecule has 0 aliphatic rings. The topological polar surface area (TPSA) is 38.9 Å². The fourth-order valence-corrected chi connectivity index (χ4v) is 2.22. The summed E-state index contributed by atoms with van der Waals surface area (Å²) in [4.78, 5) is 4.21. The minimum Gasteiger partial charge on any atom is -0.322 e. The van der Waals surface area contributed by atoms with Gasteiger partial charge in [0.1, 0.15) is 5.82 Å². The van der Waals surface area contributed by atoms with Crippen molar-refractivity contribution in [2.75, 3.05) is 0 Å². The van der Waals surface area contributed by atoms with Crippen molar-refractivity contribution in [3.63, 3.8) is 0 Å². The van der Waals surface area contributed by atoms with E-state index in [4.69, 9.17) is 5.73 Å². The van der Waals surface area contributed by atoms with Crippen LogP contribution in [-0.2, 0) is 6.42 Å². The Balaban J connectivity index is 2.20. The molecule has 1 heterocycles. The Labute approximate surface area is 108 Å². The summed E-state index contributed by atoms with van der Waals surface area (Å²) in [5.74, 6) is -0.227. The molecule has 2 aromatic rings. The number of aromatic nitrogens is 1. The zero-order valence-corrected chi connectivity index (χ0v) is 10.7. The molecule has 2 nitrogen and oxygen atoms in total. The lowest BCUT2D eigenvalue weighted by Crippen LogP contribution is -2.16. The quantitative estimate of drug-likeness (QED) is 0.944. The molecule has 2 rings (SSSR count). The van der Waals surface area contributed by atoms with E-state index in [0.29, 0.717) is 12.0 Å². The fourth-order valence-electron chi connectivity index (χ4n) is 1.67. The van der Waals surface area contributed by atoms with E-state index >= 15 is 0 Å². The second kappa shape index (κ2) is 5.38. The van der Waals surface area contributed by atoms with Crippen molar-refractivity contribution in [2.45, 2.75) is 12.5 Å². The van der Waals surface area contributed by atoms with Crippen molar-refractivity contribution < 1.29 is 4.39 Å². The molecule has 1 unspecified atom stereocenters. The van der Waals surface area contributed by atoms with Gasteiger partial charge in [0, 0.05) is 10.7 Å². The van der Waals surface area contributed by atoms with Gasteiger partial charge in [0.2, 0.25) is 0 Å². The van der Waals surface area contributed by atoms with Gasteiger partial charge in [-0.25, -0.2) is 4.39 Å². The van der Waals surface area contributed by atoms with Crippen molar-refractivity contribution in [2.24, 2.45) is 5.73 Å². The van der Waals surface area contributed by atoms with Gasteiger partial charge < -0.3 is 5.73 Å². The van der Waals surface area contributed by atoms with E-state index in [1.54, 1.807) is 24.4 Å². The molecule has 1 aromatic heterocycles. The smallest absolute Gasteiger partial charge is 0.126 e. The van der Waals surface area contributed by atoms with Crippen molar-refractivity contribution >= 4 is 15.9 Å². The Morgan fingerprint density at radius 1 is 1.24 bits per heavy atom. The maximum Gasteiger partial charge on any atom is 0.126 e. The van der Waals surface area contributed by atoms with Crippen LogP contribution in [0.15, 0.2) is 47.1 Å². The van der Waals surface area contributed by atoms with Crippen LogP contribution in [0.25, 0.3) is 0 Å². The van der Waals surface area contributed by atoms with Crippen LogP contribution in [0.3, 0.4) is 0 Å². The van der Waals surface area contributed by atoms with Gasteiger partial charge in [-0.05, 0) is 46.1 Å². The molecule has 0 amide bonds. The third-order valence-electron chi connectivity index (χ3n) is 2.54. The van der Waals surface area contributed by atoms with Crippen LogP contribution >= 0.6 is 15.9 Å². The third kappa shape index (κ3) is 2.90. The molecule has 4 heteroatoms. The lowest BCUT2D eigenvalue weighted by Gasteiger charge is -2.13. The largest absolute Gasteiger partial charge is 0.322 e. The Bertz CT molecular complexity index is 516. The molecule has 88 valence electrons. The van der Waals surface area contributed by atoms with Crippen molar-refractivity contribution in [3.8, 4) is 0 Å². The number of nitrogens with zero attached hydrogens (tertiary/aromatic N) is 1. The highest BCUT2D eigenvalue weighted by Gasteiger charge is 2.13. The first kappa shape index (κ1) is 12.2. The van der Waals surface area contributed by atoms with Gasteiger partial charge in [-0.1, -0.05) is 18.2 Å². The molecular formula is C13H12BrFN2. The zero-order valence-electron chi connectivity index (χ0n) is 9.11.